The maximum atomic E-state index is 12.2. The number of hydrogen-bond donors (Lipinski definition) is 2. The maximum absolute atomic E-state index is 12.2. The molecule has 27 heavy (non-hydrogen) atoms. The zero-order valence-electron chi connectivity index (χ0n) is 16.6. The fourth-order valence-electron chi connectivity index (χ4n) is 2.42. The predicted molar refractivity (Wildman–Crippen MR) is 111 cm³/mol. The van der Waals surface area contributed by atoms with Gasteiger partial charge < -0.3 is 20.1 Å². The summed E-state index contributed by atoms with van der Waals surface area (Å²) in [5.41, 5.74) is 1.56. The summed E-state index contributed by atoms with van der Waals surface area (Å²) in [6.07, 6.45) is 1.10. The molecule has 5 nitrogen and oxygen atoms in total. The van der Waals surface area contributed by atoms with Crippen molar-refractivity contribution >= 4 is 17.3 Å². The van der Waals surface area contributed by atoms with E-state index in [0.717, 1.165) is 23.6 Å². The summed E-state index contributed by atoms with van der Waals surface area (Å²) in [5, 5.41) is 6.00. The topological polar surface area (TPSA) is 59.6 Å². The minimum absolute atomic E-state index is 0.0904. The number of carbonyl (C=O) groups excluding carboxylic acids is 1. The number of amides is 1. The third kappa shape index (κ3) is 8.03. The van der Waals surface area contributed by atoms with E-state index in [9.17, 15) is 4.79 Å². The van der Waals surface area contributed by atoms with Crippen LogP contribution in [0.4, 0.5) is 11.4 Å². The van der Waals surface area contributed by atoms with E-state index in [1.165, 1.54) is 0 Å². The molecule has 0 fully saturated rings. The molecule has 146 valence electrons. The van der Waals surface area contributed by atoms with Crippen LogP contribution in [0.3, 0.4) is 0 Å². The Hall–Kier alpha value is -2.69. The van der Waals surface area contributed by atoms with Crippen LogP contribution in [0.2, 0.25) is 0 Å². The van der Waals surface area contributed by atoms with E-state index >= 15 is 0 Å². The highest BCUT2D eigenvalue weighted by Gasteiger charge is 2.05. The van der Waals surface area contributed by atoms with Crippen molar-refractivity contribution in [3.05, 3.63) is 48.5 Å². The van der Waals surface area contributed by atoms with Gasteiger partial charge in [0.05, 0.1) is 19.3 Å². The summed E-state index contributed by atoms with van der Waals surface area (Å²) in [4.78, 5) is 12.2. The molecule has 0 saturated carbocycles. The van der Waals surface area contributed by atoms with Crippen molar-refractivity contribution in [1.29, 1.82) is 0 Å². The summed E-state index contributed by atoms with van der Waals surface area (Å²) in [5.74, 6) is 2.03. The Kier molecular flexibility index (Phi) is 7.99. The van der Waals surface area contributed by atoms with E-state index in [1.807, 2.05) is 62.4 Å². The summed E-state index contributed by atoms with van der Waals surface area (Å²) in [6, 6.07) is 15.1. The standard InChI is InChI=1S/C22H30N2O3/c1-16(2)11-12-26-20-9-5-7-18(13-20)23-15-22(25)24-19-8-6-10-21(14-19)27-17(3)4/h5-10,13-14,16-17,23H,11-12,15H2,1-4H3,(H,24,25). The van der Waals surface area contributed by atoms with E-state index in [0.29, 0.717) is 18.2 Å². The van der Waals surface area contributed by atoms with Crippen molar-refractivity contribution in [1.82, 2.24) is 0 Å². The van der Waals surface area contributed by atoms with Gasteiger partial charge >= 0.3 is 0 Å². The van der Waals surface area contributed by atoms with Crippen molar-refractivity contribution in [2.45, 2.75) is 40.2 Å². The van der Waals surface area contributed by atoms with Gasteiger partial charge in [0.2, 0.25) is 5.91 Å². The average Bonchev–Trinajstić information content (AvgIpc) is 2.60. The first-order chi connectivity index (χ1) is 12.9. The Bertz CT molecular complexity index is 729. The molecule has 2 N–H and O–H groups in total. The lowest BCUT2D eigenvalue weighted by molar-refractivity contribution is -0.114. The zero-order valence-corrected chi connectivity index (χ0v) is 16.6. The molecular formula is C22H30N2O3. The number of rotatable bonds is 10. The number of ether oxygens (including phenoxy) is 2. The van der Waals surface area contributed by atoms with Crippen LogP contribution in [0.25, 0.3) is 0 Å². The lowest BCUT2D eigenvalue weighted by atomic mass is 10.1. The van der Waals surface area contributed by atoms with Crippen molar-refractivity contribution < 1.29 is 14.3 Å². The van der Waals surface area contributed by atoms with Gasteiger partial charge in [-0.25, -0.2) is 0 Å². The fourth-order valence-corrected chi connectivity index (χ4v) is 2.42. The molecule has 2 aromatic rings. The molecule has 1 amide bonds. The average molecular weight is 370 g/mol. The number of anilines is 2. The minimum Gasteiger partial charge on any atom is -0.494 e. The number of benzene rings is 2. The van der Waals surface area contributed by atoms with Crippen LogP contribution in [-0.4, -0.2) is 25.2 Å². The van der Waals surface area contributed by atoms with Crippen LogP contribution in [0.15, 0.2) is 48.5 Å². The van der Waals surface area contributed by atoms with E-state index in [2.05, 4.69) is 24.5 Å². The summed E-state index contributed by atoms with van der Waals surface area (Å²) >= 11 is 0. The molecule has 2 rings (SSSR count). The minimum atomic E-state index is -0.122. The Morgan fingerprint density at radius 1 is 0.963 bits per heavy atom. The lowest BCUT2D eigenvalue weighted by Gasteiger charge is -2.12. The van der Waals surface area contributed by atoms with Gasteiger partial charge in [-0.05, 0) is 50.5 Å². The number of hydrogen-bond acceptors (Lipinski definition) is 4. The molecule has 0 saturated heterocycles. The van der Waals surface area contributed by atoms with Crippen LogP contribution < -0.4 is 20.1 Å². The van der Waals surface area contributed by atoms with Gasteiger partial charge in [-0.1, -0.05) is 26.0 Å². The second-order valence-corrected chi connectivity index (χ2v) is 7.15. The summed E-state index contributed by atoms with van der Waals surface area (Å²) in [6.45, 7) is 9.14. The second-order valence-electron chi connectivity index (χ2n) is 7.15. The molecule has 5 heteroatoms. The molecule has 0 unspecified atom stereocenters. The normalized spacial score (nSPS) is 10.7. The van der Waals surface area contributed by atoms with Crippen LogP contribution in [0.5, 0.6) is 11.5 Å². The quantitative estimate of drug-likeness (QED) is 0.621. The smallest absolute Gasteiger partial charge is 0.243 e. The van der Waals surface area contributed by atoms with Gasteiger partial charge in [-0.15, -0.1) is 0 Å². The third-order valence-electron chi connectivity index (χ3n) is 3.74. The summed E-state index contributed by atoms with van der Waals surface area (Å²) in [7, 11) is 0. The highest BCUT2D eigenvalue weighted by atomic mass is 16.5. The molecule has 0 aliphatic carbocycles. The number of nitrogens with one attached hydrogen (secondary N) is 2. The first kappa shape index (κ1) is 20.6. The van der Waals surface area contributed by atoms with E-state index in [1.54, 1.807) is 0 Å². The molecule has 0 atom stereocenters. The van der Waals surface area contributed by atoms with Crippen molar-refractivity contribution in [2.75, 3.05) is 23.8 Å². The second kappa shape index (κ2) is 10.5. The molecule has 0 bridgehead atoms. The fraction of sp³-hybridized carbons (Fsp3) is 0.409. The van der Waals surface area contributed by atoms with E-state index in [-0.39, 0.29) is 18.6 Å². The molecule has 0 aliphatic rings. The van der Waals surface area contributed by atoms with Crippen molar-refractivity contribution in [2.24, 2.45) is 5.92 Å². The highest BCUT2D eigenvalue weighted by molar-refractivity contribution is 5.93. The Morgan fingerprint density at radius 2 is 1.63 bits per heavy atom. The van der Waals surface area contributed by atoms with E-state index in [4.69, 9.17) is 9.47 Å². The predicted octanol–water partition coefficient (Wildman–Crippen LogP) is 4.95. The third-order valence-corrected chi connectivity index (χ3v) is 3.74. The molecule has 0 aliphatic heterocycles. The van der Waals surface area contributed by atoms with Crippen LogP contribution in [-0.2, 0) is 4.79 Å². The van der Waals surface area contributed by atoms with Crippen LogP contribution >= 0.6 is 0 Å². The van der Waals surface area contributed by atoms with Gasteiger partial charge in [-0.2, -0.15) is 0 Å². The first-order valence-corrected chi connectivity index (χ1v) is 9.45. The Morgan fingerprint density at radius 3 is 2.33 bits per heavy atom. The highest BCUT2D eigenvalue weighted by Crippen LogP contribution is 2.19. The van der Waals surface area contributed by atoms with E-state index < -0.39 is 0 Å². The Labute approximate surface area is 162 Å². The zero-order chi connectivity index (χ0) is 19.6. The number of carbonyl (C=O) groups is 1. The molecular weight excluding hydrogens is 340 g/mol. The monoisotopic (exact) mass is 370 g/mol. The van der Waals surface area contributed by atoms with Gasteiger partial charge in [0.25, 0.3) is 0 Å². The molecule has 0 aromatic heterocycles. The molecule has 0 spiro atoms. The Balaban J connectivity index is 1.83. The van der Waals surface area contributed by atoms with Crippen molar-refractivity contribution in [3.63, 3.8) is 0 Å². The SMILES string of the molecule is CC(C)CCOc1cccc(NCC(=O)Nc2cccc(OC(C)C)c2)c1. The van der Waals surface area contributed by atoms with Gasteiger partial charge in [-0.3, -0.25) is 4.79 Å². The largest absolute Gasteiger partial charge is 0.494 e. The van der Waals surface area contributed by atoms with Gasteiger partial charge in [0.15, 0.2) is 0 Å². The maximum Gasteiger partial charge on any atom is 0.243 e. The van der Waals surface area contributed by atoms with Gasteiger partial charge in [0, 0.05) is 23.5 Å². The van der Waals surface area contributed by atoms with Crippen LogP contribution in [0, 0.1) is 5.92 Å². The lowest BCUT2D eigenvalue weighted by Crippen LogP contribution is -2.21. The van der Waals surface area contributed by atoms with Gasteiger partial charge in [0.1, 0.15) is 11.5 Å². The van der Waals surface area contributed by atoms with Crippen LogP contribution in [0.1, 0.15) is 34.1 Å². The summed E-state index contributed by atoms with van der Waals surface area (Å²) < 4.78 is 11.4. The molecule has 0 radical (unpaired) electrons. The van der Waals surface area contributed by atoms with Crippen molar-refractivity contribution in [3.8, 4) is 11.5 Å². The first-order valence-electron chi connectivity index (χ1n) is 9.45. The molecule has 2 aromatic carbocycles. The molecule has 0 heterocycles.